The van der Waals surface area contributed by atoms with Crippen molar-refractivity contribution in [2.24, 2.45) is 0 Å². The molecule has 0 radical (unpaired) electrons. The van der Waals surface area contributed by atoms with Gasteiger partial charge >= 0.3 is 12.1 Å². The van der Waals surface area contributed by atoms with Crippen LogP contribution in [0.3, 0.4) is 0 Å². The molecule has 0 unspecified atom stereocenters. The first-order valence-corrected chi connectivity index (χ1v) is 8.10. The second kappa shape index (κ2) is 7.50. The summed E-state index contributed by atoms with van der Waals surface area (Å²) in [6, 6.07) is 4.90. The number of hydrogen-bond donors (Lipinski definition) is 1. The first-order valence-electron chi connectivity index (χ1n) is 8.10. The number of carbonyl (C=O) groups excluding carboxylic acids is 2. The Morgan fingerprint density at radius 3 is 2.40 bits per heavy atom. The number of nitrogens with zero attached hydrogens (tertiary/aromatic N) is 1. The quantitative estimate of drug-likeness (QED) is 0.507. The minimum Gasteiger partial charge on any atom is -0.457 e. The fraction of sp³-hybridized carbons (Fsp3) is 0.529. The number of nitro benzene ring substituents is 1. The van der Waals surface area contributed by atoms with Crippen molar-refractivity contribution in [2.75, 3.05) is 0 Å². The molecule has 8 heteroatoms. The summed E-state index contributed by atoms with van der Waals surface area (Å²) >= 11 is 0. The van der Waals surface area contributed by atoms with Crippen LogP contribution in [-0.4, -0.2) is 34.7 Å². The fourth-order valence-electron chi connectivity index (χ4n) is 2.62. The van der Waals surface area contributed by atoms with Crippen LogP contribution in [0.5, 0.6) is 0 Å². The van der Waals surface area contributed by atoms with Crippen molar-refractivity contribution in [3.05, 3.63) is 39.9 Å². The third-order valence-electron chi connectivity index (χ3n) is 3.73. The second-order valence-corrected chi connectivity index (χ2v) is 6.93. The molecule has 2 atom stereocenters. The lowest BCUT2D eigenvalue weighted by Gasteiger charge is -2.24. The summed E-state index contributed by atoms with van der Waals surface area (Å²) in [7, 11) is 0. The number of hydrogen-bond acceptors (Lipinski definition) is 6. The molecule has 0 saturated heterocycles. The monoisotopic (exact) mass is 350 g/mol. The molecule has 1 saturated carbocycles. The van der Waals surface area contributed by atoms with E-state index in [0.29, 0.717) is 12.8 Å². The van der Waals surface area contributed by atoms with Crippen LogP contribution in [0.25, 0.3) is 0 Å². The van der Waals surface area contributed by atoms with Crippen molar-refractivity contribution in [1.82, 2.24) is 5.32 Å². The van der Waals surface area contributed by atoms with Crippen molar-refractivity contribution < 1.29 is 24.0 Å². The van der Waals surface area contributed by atoms with Gasteiger partial charge < -0.3 is 14.8 Å². The molecule has 1 amide bonds. The average Bonchev–Trinajstić information content (AvgIpc) is 2.92. The number of carbonyl (C=O) groups is 2. The molecule has 136 valence electrons. The molecular formula is C17H22N2O6. The molecule has 0 heterocycles. The number of esters is 1. The van der Waals surface area contributed by atoms with E-state index in [1.165, 1.54) is 24.3 Å². The van der Waals surface area contributed by atoms with Gasteiger partial charge in [0.25, 0.3) is 5.69 Å². The normalized spacial score (nSPS) is 20.0. The van der Waals surface area contributed by atoms with Gasteiger partial charge in [-0.05, 0) is 52.2 Å². The highest BCUT2D eigenvalue weighted by molar-refractivity contribution is 5.89. The van der Waals surface area contributed by atoms with Crippen molar-refractivity contribution in [2.45, 2.75) is 57.8 Å². The molecule has 0 spiro atoms. The molecule has 1 fully saturated rings. The minimum absolute atomic E-state index is 0.0955. The molecule has 2 rings (SSSR count). The van der Waals surface area contributed by atoms with E-state index in [2.05, 4.69) is 5.32 Å². The predicted octanol–water partition coefficient (Wildman–Crippen LogP) is 3.20. The van der Waals surface area contributed by atoms with Crippen molar-refractivity contribution >= 4 is 17.7 Å². The highest BCUT2D eigenvalue weighted by atomic mass is 16.6. The maximum atomic E-state index is 12.2. The maximum absolute atomic E-state index is 12.2. The van der Waals surface area contributed by atoms with Crippen molar-refractivity contribution in [1.29, 1.82) is 0 Å². The smallest absolute Gasteiger partial charge is 0.408 e. The van der Waals surface area contributed by atoms with Crippen LogP contribution in [0.15, 0.2) is 24.3 Å². The number of amides is 1. The van der Waals surface area contributed by atoms with Gasteiger partial charge in [0, 0.05) is 12.1 Å². The number of nitro groups is 1. The zero-order valence-corrected chi connectivity index (χ0v) is 14.5. The Balaban J connectivity index is 1.94. The van der Waals surface area contributed by atoms with Crippen molar-refractivity contribution in [3.63, 3.8) is 0 Å². The van der Waals surface area contributed by atoms with E-state index in [1.54, 1.807) is 20.8 Å². The van der Waals surface area contributed by atoms with Crippen LogP contribution in [-0.2, 0) is 9.47 Å². The SMILES string of the molecule is CC(C)(C)OC(=O)N[C@@H]1CCC[C@@H]1OC(=O)c1ccc([N+](=O)[O-])cc1. The lowest BCUT2D eigenvalue weighted by atomic mass is 10.2. The Bertz CT molecular complexity index is 650. The zero-order valence-electron chi connectivity index (χ0n) is 14.5. The first kappa shape index (κ1) is 18.7. The third-order valence-corrected chi connectivity index (χ3v) is 3.73. The van der Waals surface area contributed by atoms with Gasteiger partial charge in [0.15, 0.2) is 0 Å². The average molecular weight is 350 g/mol. The Morgan fingerprint density at radius 2 is 1.84 bits per heavy atom. The van der Waals surface area contributed by atoms with Gasteiger partial charge in [-0.25, -0.2) is 9.59 Å². The molecule has 1 aromatic rings. The van der Waals surface area contributed by atoms with E-state index < -0.39 is 28.7 Å². The summed E-state index contributed by atoms with van der Waals surface area (Å²) in [6.07, 6.45) is 1.15. The zero-order chi connectivity index (χ0) is 18.6. The lowest BCUT2D eigenvalue weighted by Crippen LogP contribution is -2.44. The molecular weight excluding hydrogens is 328 g/mol. The third kappa shape index (κ3) is 5.44. The number of rotatable bonds is 4. The number of alkyl carbamates (subject to hydrolysis) is 1. The predicted molar refractivity (Wildman–Crippen MR) is 89.3 cm³/mol. The van der Waals surface area contributed by atoms with Gasteiger partial charge in [0.1, 0.15) is 11.7 Å². The summed E-state index contributed by atoms with van der Waals surface area (Å²) in [6.45, 7) is 5.31. The Kier molecular flexibility index (Phi) is 5.61. The van der Waals surface area contributed by atoms with Gasteiger partial charge in [-0.15, -0.1) is 0 Å². The largest absolute Gasteiger partial charge is 0.457 e. The summed E-state index contributed by atoms with van der Waals surface area (Å²) in [5, 5.41) is 13.4. The van der Waals surface area contributed by atoms with Crippen molar-refractivity contribution in [3.8, 4) is 0 Å². The summed E-state index contributed by atoms with van der Waals surface area (Å²) < 4.78 is 10.7. The Morgan fingerprint density at radius 1 is 1.20 bits per heavy atom. The molecule has 8 nitrogen and oxygen atoms in total. The molecule has 1 aliphatic rings. The number of benzene rings is 1. The van der Waals surface area contributed by atoms with E-state index >= 15 is 0 Å². The van der Waals surface area contributed by atoms with Crippen LogP contribution >= 0.6 is 0 Å². The van der Waals surface area contributed by atoms with Crippen LogP contribution in [0.1, 0.15) is 50.4 Å². The van der Waals surface area contributed by atoms with E-state index in [0.717, 1.165) is 6.42 Å². The molecule has 1 aliphatic carbocycles. The molecule has 25 heavy (non-hydrogen) atoms. The van der Waals surface area contributed by atoms with Crippen LogP contribution in [0.2, 0.25) is 0 Å². The van der Waals surface area contributed by atoms with Crippen LogP contribution in [0, 0.1) is 10.1 Å². The number of nitrogens with one attached hydrogen (secondary N) is 1. The van der Waals surface area contributed by atoms with E-state index in [4.69, 9.17) is 9.47 Å². The first-order chi connectivity index (χ1) is 11.7. The lowest BCUT2D eigenvalue weighted by molar-refractivity contribution is -0.384. The highest BCUT2D eigenvalue weighted by Crippen LogP contribution is 2.24. The van der Waals surface area contributed by atoms with E-state index in [1.807, 2.05) is 0 Å². The topological polar surface area (TPSA) is 108 Å². The van der Waals surface area contributed by atoms with Gasteiger partial charge in [0.05, 0.1) is 16.5 Å². The van der Waals surface area contributed by atoms with Gasteiger partial charge in [0.2, 0.25) is 0 Å². The second-order valence-electron chi connectivity index (χ2n) is 6.93. The molecule has 1 N–H and O–H groups in total. The minimum atomic E-state index is -0.604. The standard InChI is InChI=1S/C17H22N2O6/c1-17(2,3)25-16(21)18-13-5-4-6-14(13)24-15(20)11-7-9-12(10-8-11)19(22)23/h7-10,13-14H,4-6H2,1-3H3,(H,18,21)/t13-,14+/m1/s1. The molecule has 1 aromatic carbocycles. The number of non-ortho nitro benzene ring substituents is 1. The summed E-state index contributed by atoms with van der Waals surface area (Å²) in [4.78, 5) is 34.2. The molecule has 0 aliphatic heterocycles. The molecule has 0 bridgehead atoms. The van der Waals surface area contributed by atoms with Gasteiger partial charge in [-0.2, -0.15) is 0 Å². The van der Waals surface area contributed by atoms with Gasteiger partial charge in [-0.3, -0.25) is 10.1 Å². The van der Waals surface area contributed by atoms with E-state index in [-0.39, 0.29) is 17.3 Å². The maximum Gasteiger partial charge on any atom is 0.408 e. The molecule has 0 aromatic heterocycles. The van der Waals surface area contributed by atoms with Crippen LogP contribution < -0.4 is 5.32 Å². The summed E-state index contributed by atoms with van der Waals surface area (Å²) in [5.74, 6) is -0.571. The Hall–Kier alpha value is -2.64. The fourth-order valence-corrected chi connectivity index (χ4v) is 2.62. The summed E-state index contributed by atoms with van der Waals surface area (Å²) in [5.41, 5.74) is -0.469. The Labute approximate surface area is 145 Å². The van der Waals surface area contributed by atoms with Crippen LogP contribution in [0.4, 0.5) is 10.5 Å². The highest BCUT2D eigenvalue weighted by Gasteiger charge is 2.33. The van der Waals surface area contributed by atoms with E-state index in [9.17, 15) is 19.7 Å². The number of ether oxygens (including phenoxy) is 2. The van der Waals surface area contributed by atoms with Gasteiger partial charge in [-0.1, -0.05) is 0 Å².